The van der Waals surface area contributed by atoms with E-state index in [0.29, 0.717) is 32.2 Å². The van der Waals surface area contributed by atoms with Crippen LogP contribution in [0.5, 0.6) is 0 Å². The second-order valence-electron chi connectivity index (χ2n) is 12.5. The van der Waals surface area contributed by atoms with Crippen LogP contribution in [0.15, 0.2) is 48.5 Å². The van der Waals surface area contributed by atoms with E-state index >= 15 is 0 Å². The maximum absolute atomic E-state index is 13.2. The first kappa shape index (κ1) is 31.8. The van der Waals surface area contributed by atoms with Crippen LogP contribution in [-0.2, 0) is 19.1 Å². The van der Waals surface area contributed by atoms with Crippen LogP contribution in [-0.4, -0.2) is 72.3 Å². The van der Waals surface area contributed by atoms with Crippen molar-refractivity contribution < 1.29 is 28.7 Å². The summed E-state index contributed by atoms with van der Waals surface area (Å²) in [5.41, 5.74) is 3.91. The number of ether oxygens (including phenoxy) is 2. The topological polar surface area (TPSA) is 126 Å². The summed E-state index contributed by atoms with van der Waals surface area (Å²) in [5.74, 6) is -0.739. The van der Waals surface area contributed by atoms with E-state index in [9.17, 15) is 19.2 Å². The highest BCUT2D eigenvalue weighted by Crippen LogP contribution is 2.44. The summed E-state index contributed by atoms with van der Waals surface area (Å²) in [5, 5.41) is 8.45. The fraction of sp³-hybridized carbons (Fsp3) is 0.515. The van der Waals surface area contributed by atoms with Crippen LogP contribution in [0.3, 0.4) is 0 Å². The summed E-state index contributed by atoms with van der Waals surface area (Å²) in [6.45, 7) is 9.92. The van der Waals surface area contributed by atoms with Crippen molar-refractivity contribution in [3.05, 3.63) is 59.7 Å². The zero-order valence-corrected chi connectivity index (χ0v) is 25.8. The molecule has 2 aromatic rings. The molecule has 10 heteroatoms. The van der Waals surface area contributed by atoms with E-state index < -0.39 is 35.8 Å². The van der Waals surface area contributed by atoms with E-state index in [4.69, 9.17) is 9.47 Å². The number of carbonyl (C=O) groups excluding carboxylic acids is 4. The monoisotopic (exact) mass is 592 g/mol. The fourth-order valence-corrected chi connectivity index (χ4v) is 5.65. The van der Waals surface area contributed by atoms with Gasteiger partial charge in [0.15, 0.2) is 0 Å². The molecule has 4 rings (SSSR count). The van der Waals surface area contributed by atoms with E-state index in [1.807, 2.05) is 38.1 Å². The van der Waals surface area contributed by atoms with Gasteiger partial charge in [-0.25, -0.2) is 9.59 Å². The third kappa shape index (κ3) is 8.27. The van der Waals surface area contributed by atoms with Gasteiger partial charge >= 0.3 is 12.2 Å². The van der Waals surface area contributed by atoms with Gasteiger partial charge in [-0.15, -0.1) is 0 Å². The number of likely N-dealkylation sites (tertiary alicyclic amines) is 1. The number of benzene rings is 2. The Kier molecular flexibility index (Phi) is 10.3. The summed E-state index contributed by atoms with van der Waals surface area (Å²) < 4.78 is 11.1. The van der Waals surface area contributed by atoms with Crippen molar-refractivity contribution in [3.63, 3.8) is 0 Å². The van der Waals surface area contributed by atoms with E-state index in [0.717, 1.165) is 22.3 Å². The van der Waals surface area contributed by atoms with Gasteiger partial charge in [0, 0.05) is 25.0 Å². The number of fused-ring (bicyclic) bond motifs is 3. The summed E-state index contributed by atoms with van der Waals surface area (Å²) in [6.07, 6.45) is 0.819. The smallest absolute Gasteiger partial charge is 0.410 e. The van der Waals surface area contributed by atoms with Crippen molar-refractivity contribution in [1.82, 2.24) is 20.9 Å². The minimum atomic E-state index is -0.819. The van der Waals surface area contributed by atoms with Gasteiger partial charge < -0.3 is 25.4 Å². The molecule has 0 radical (unpaired) electrons. The second-order valence-corrected chi connectivity index (χ2v) is 12.5. The van der Waals surface area contributed by atoms with Crippen molar-refractivity contribution in [2.75, 3.05) is 19.7 Å². The average Bonchev–Trinajstić information content (AvgIpc) is 3.56. The summed E-state index contributed by atoms with van der Waals surface area (Å²) in [7, 11) is 0. The van der Waals surface area contributed by atoms with E-state index in [1.165, 1.54) is 4.90 Å². The molecule has 1 aliphatic heterocycles. The Bertz CT molecular complexity index is 1270. The Morgan fingerprint density at radius 2 is 1.58 bits per heavy atom. The number of hydrogen-bond donors (Lipinski definition) is 3. The van der Waals surface area contributed by atoms with Gasteiger partial charge in [0.2, 0.25) is 11.8 Å². The minimum absolute atomic E-state index is 0.0340. The molecule has 2 aliphatic rings. The lowest BCUT2D eigenvalue weighted by molar-refractivity contribution is -0.131. The number of alkyl carbamates (subject to hydrolysis) is 1. The van der Waals surface area contributed by atoms with E-state index in [1.54, 1.807) is 20.8 Å². The number of nitrogens with one attached hydrogen (secondary N) is 3. The quantitative estimate of drug-likeness (QED) is 0.343. The van der Waals surface area contributed by atoms with Gasteiger partial charge in [-0.3, -0.25) is 14.5 Å². The lowest BCUT2D eigenvalue weighted by Crippen LogP contribution is -2.54. The molecule has 1 fully saturated rings. The van der Waals surface area contributed by atoms with Gasteiger partial charge in [0.05, 0.1) is 0 Å². The van der Waals surface area contributed by atoms with Crippen LogP contribution in [0, 0.1) is 0 Å². The Labute approximate surface area is 253 Å². The molecule has 232 valence electrons. The minimum Gasteiger partial charge on any atom is -0.449 e. The Morgan fingerprint density at radius 3 is 2.19 bits per heavy atom. The number of nitrogens with zero attached hydrogens (tertiary/aromatic N) is 1. The molecule has 2 unspecified atom stereocenters. The SMILES string of the molecule is CC(C)NC(=O)C(CCCNC(=O)OCC1c2ccccc2-c2ccccc21)NC(=O)C1CCCN1C(=O)OC(C)(C)C. The summed E-state index contributed by atoms with van der Waals surface area (Å²) >= 11 is 0. The highest BCUT2D eigenvalue weighted by molar-refractivity contribution is 5.91. The third-order valence-corrected chi connectivity index (χ3v) is 7.53. The number of carbonyl (C=O) groups is 4. The molecule has 3 N–H and O–H groups in total. The summed E-state index contributed by atoms with van der Waals surface area (Å²) in [6, 6.07) is 14.7. The molecule has 2 aromatic carbocycles. The van der Waals surface area contributed by atoms with Crippen LogP contribution >= 0.6 is 0 Å². The van der Waals surface area contributed by atoms with Crippen LogP contribution in [0.2, 0.25) is 0 Å². The third-order valence-electron chi connectivity index (χ3n) is 7.53. The predicted octanol–water partition coefficient (Wildman–Crippen LogP) is 4.71. The standard InChI is InChI=1S/C33H44N4O6/c1-21(2)35-29(38)27(36-30(39)28-17-11-19-37(28)32(41)43-33(3,4)5)16-10-18-34-31(40)42-20-26-24-14-8-6-12-22(24)23-13-7-9-15-25(23)26/h6-9,12-15,21,26-28H,10-11,16-20H2,1-5H3,(H,34,40)(H,35,38)(H,36,39). The first-order valence-electron chi connectivity index (χ1n) is 15.1. The van der Waals surface area contributed by atoms with Gasteiger partial charge in [0.25, 0.3) is 0 Å². The number of amides is 4. The first-order chi connectivity index (χ1) is 20.4. The molecule has 2 atom stereocenters. The normalized spacial score (nSPS) is 16.7. The zero-order valence-electron chi connectivity index (χ0n) is 25.8. The molecular formula is C33H44N4O6. The first-order valence-corrected chi connectivity index (χ1v) is 15.1. The number of hydrogen-bond acceptors (Lipinski definition) is 6. The van der Waals surface area contributed by atoms with Gasteiger partial charge in [-0.05, 0) is 82.6 Å². The Balaban J connectivity index is 1.28. The van der Waals surface area contributed by atoms with Crippen LogP contribution in [0.1, 0.15) is 77.3 Å². The predicted molar refractivity (Wildman–Crippen MR) is 163 cm³/mol. The molecule has 4 amide bonds. The fourth-order valence-electron chi connectivity index (χ4n) is 5.65. The lowest BCUT2D eigenvalue weighted by atomic mass is 9.98. The Morgan fingerprint density at radius 1 is 0.953 bits per heavy atom. The van der Waals surface area contributed by atoms with Crippen LogP contribution in [0.25, 0.3) is 11.1 Å². The molecule has 0 aromatic heterocycles. The highest BCUT2D eigenvalue weighted by Gasteiger charge is 2.38. The highest BCUT2D eigenvalue weighted by atomic mass is 16.6. The molecular weight excluding hydrogens is 548 g/mol. The van der Waals surface area contributed by atoms with Crippen LogP contribution < -0.4 is 16.0 Å². The molecule has 1 heterocycles. The maximum atomic E-state index is 13.2. The van der Waals surface area contributed by atoms with E-state index in [-0.39, 0.29) is 31.0 Å². The molecule has 10 nitrogen and oxygen atoms in total. The van der Waals surface area contributed by atoms with Crippen LogP contribution in [0.4, 0.5) is 9.59 Å². The molecule has 1 aliphatic carbocycles. The van der Waals surface area contributed by atoms with Crippen molar-refractivity contribution >= 4 is 24.0 Å². The van der Waals surface area contributed by atoms with Gasteiger partial charge in [-0.2, -0.15) is 0 Å². The largest absolute Gasteiger partial charge is 0.449 e. The van der Waals surface area contributed by atoms with Gasteiger partial charge in [0.1, 0.15) is 24.3 Å². The molecule has 0 spiro atoms. The average molecular weight is 593 g/mol. The van der Waals surface area contributed by atoms with Crippen molar-refractivity contribution in [1.29, 1.82) is 0 Å². The van der Waals surface area contributed by atoms with Crippen molar-refractivity contribution in [2.24, 2.45) is 0 Å². The van der Waals surface area contributed by atoms with Crippen molar-refractivity contribution in [2.45, 2.75) is 89.9 Å². The Hall–Kier alpha value is -4.08. The zero-order chi connectivity index (χ0) is 31.1. The molecule has 1 saturated heterocycles. The molecule has 0 saturated carbocycles. The maximum Gasteiger partial charge on any atom is 0.410 e. The summed E-state index contributed by atoms with van der Waals surface area (Å²) in [4.78, 5) is 52.8. The van der Waals surface area contributed by atoms with Gasteiger partial charge in [-0.1, -0.05) is 48.5 Å². The lowest BCUT2D eigenvalue weighted by Gasteiger charge is -2.29. The number of rotatable bonds is 10. The molecule has 43 heavy (non-hydrogen) atoms. The van der Waals surface area contributed by atoms with E-state index in [2.05, 4.69) is 40.2 Å². The second kappa shape index (κ2) is 13.9. The van der Waals surface area contributed by atoms with Crippen molar-refractivity contribution in [3.8, 4) is 11.1 Å². The molecule has 0 bridgehead atoms.